The van der Waals surface area contributed by atoms with Crippen LogP contribution < -0.4 is 5.32 Å². The molecule has 1 saturated carbocycles. The first-order chi connectivity index (χ1) is 8.11. The Morgan fingerprint density at radius 3 is 2.76 bits per heavy atom. The lowest BCUT2D eigenvalue weighted by molar-refractivity contribution is 0.267. The van der Waals surface area contributed by atoms with Crippen molar-refractivity contribution in [2.75, 3.05) is 26.2 Å². The second kappa shape index (κ2) is 7.47. The Bertz CT molecular complexity index is 274. The third-order valence-electron chi connectivity index (χ3n) is 2.83. The number of hydrogen-bond donors (Lipinski definition) is 1. The summed E-state index contributed by atoms with van der Waals surface area (Å²) >= 11 is 0. The molecule has 1 aliphatic rings. The normalized spacial score (nSPS) is 15.2. The van der Waals surface area contributed by atoms with Gasteiger partial charge in [-0.3, -0.25) is 4.90 Å². The molecule has 0 aromatic rings. The van der Waals surface area contributed by atoms with E-state index in [-0.39, 0.29) is 0 Å². The van der Waals surface area contributed by atoms with Crippen LogP contribution in [0, 0.1) is 17.2 Å². The highest BCUT2D eigenvalue weighted by Gasteiger charge is 2.20. The molecule has 1 rings (SSSR count). The van der Waals surface area contributed by atoms with E-state index in [1.807, 2.05) is 0 Å². The predicted octanol–water partition coefficient (Wildman–Crippen LogP) is 2.17. The zero-order chi connectivity index (χ0) is 12.7. The lowest BCUT2D eigenvalue weighted by atomic mass is 10.2. The smallest absolute Gasteiger partial charge is 0.0635 e. The van der Waals surface area contributed by atoms with Gasteiger partial charge in [0.25, 0.3) is 0 Å². The summed E-state index contributed by atoms with van der Waals surface area (Å²) in [7, 11) is 0. The third kappa shape index (κ3) is 7.14. The van der Waals surface area contributed by atoms with Crippen molar-refractivity contribution >= 4 is 0 Å². The van der Waals surface area contributed by atoms with Gasteiger partial charge in [0.2, 0.25) is 0 Å². The second-order valence-electron chi connectivity index (χ2n) is 5.44. The number of rotatable bonds is 9. The van der Waals surface area contributed by atoms with Crippen LogP contribution in [0.25, 0.3) is 0 Å². The standard InChI is InChI=1S/C14H25N3/c1-12(2)10-17(8-4-7-15)11-13(3)9-16-14-5-6-14/h12,14,16H,3-6,8-11H2,1-2H3. The minimum absolute atomic E-state index is 0.607. The number of hydrogen-bond acceptors (Lipinski definition) is 3. The third-order valence-corrected chi connectivity index (χ3v) is 2.83. The molecule has 0 unspecified atom stereocenters. The molecular formula is C14H25N3. The zero-order valence-corrected chi connectivity index (χ0v) is 11.2. The Morgan fingerprint density at radius 2 is 2.24 bits per heavy atom. The Hall–Kier alpha value is -0.850. The van der Waals surface area contributed by atoms with E-state index in [9.17, 15) is 0 Å². The molecule has 0 heterocycles. The van der Waals surface area contributed by atoms with Crippen LogP contribution in [0.3, 0.4) is 0 Å². The Kier molecular flexibility index (Phi) is 6.25. The molecule has 0 saturated heterocycles. The first kappa shape index (κ1) is 14.2. The average Bonchev–Trinajstić information content (AvgIpc) is 3.06. The number of nitrogens with one attached hydrogen (secondary N) is 1. The topological polar surface area (TPSA) is 39.1 Å². The predicted molar refractivity (Wildman–Crippen MR) is 71.7 cm³/mol. The maximum atomic E-state index is 8.66. The van der Waals surface area contributed by atoms with E-state index >= 15 is 0 Å². The highest BCUT2D eigenvalue weighted by molar-refractivity contribution is 5.02. The van der Waals surface area contributed by atoms with E-state index in [1.165, 1.54) is 18.4 Å². The van der Waals surface area contributed by atoms with E-state index in [0.29, 0.717) is 12.3 Å². The van der Waals surface area contributed by atoms with Crippen LogP contribution in [0.5, 0.6) is 0 Å². The first-order valence-corrected chi connectivity index (χ1v) is 6.61. The van der Waals surface area contributed by atoms with Crippen molar-refractivity contribution in [1.29, 1.82) is 5.26 Å². The molecule has 1 N–H and O–H groups in total. The zero-order valence-electron chi connectivity index (χ0n) is 11.2. The van der Waals surface area contributed by atoms with Gasteiger partial charge >= 0.3 is 0 Å². The van der Waals surface area contributed by atoms with E-state index in [1.54, 1.807) is 0 Å². The van der Waals surface area contributed by atoms with Crippen molar-refractivity contribution in [2.45, 2.75) is 39.2 Å². The van der Waals surface area contributed by atoms with E-state index in [0.717, 1.165) is 32.2 Å². The van der Waals surface area contributed by atoms with Crippen molar-refractivity contribution in [1.82, 2.24) is 10.2 Å². The number of nitrogens with zero attached hydrogens (tertiary/aromatic N) is 2. The summed E-state index contributed by atoms with van der Waals surface area (Å²) in [5, 5.41) is 12.1. The second-order valence-corrected chi connectivity index (χ2v) is 5.44. The summed E-state index contributed by atoms with van der Waals surface area (Å²) < 4.78 is 0. The van der Waals surface area contributed by atoms with E-state index < -0.39 is 0 Å². The van der Waals surface area contributed by atoms with Crippen LogP contribution >= 0.6 is 0 Å². The molecule has 0 aromatic carbocycles. The van der Waals surface area contributed by atoms with Gasteiger partial charge in [-0.25, -0.2) is 0 Å². The average molecular weight is 235 g/mol. The van der Waals surface area contributed by atoms with Gasteiger partial charge in [-0.2, -0.15) is 5.26 Å². The van der Waals surface area contributed by atoms with E-state index in [4.69, 9.17) is 5.26 Å². The molecule has 0 atom stereocenters. The van der Waals surface area contributed by atoms with Crippen LogP contribution in [0.1, 0.15) is 33.1 Å². The van der Waals surface area contributed by atoms with Gasteiger partial charge in [0.15, 0.2) is 0 Å². The van der Waals surface area contributed by atoms with Gasteiger partial charge in [-0.15, -0.1) is 0 Å². The maximum absolute atomic E-state index is 8.66. The molecule has 1 fully saturated rings. The number of nitriles is 1. The molecule has 96 valence electrons. The van der Waals surface area contributed by atoms with Crippen molar-refractivity contribution in [3.63, 3.8) is 0 Å². The summed E-state index contributed by atoms with van der Waals surface area (Å²) in [6.07, 6.45) is 3.24. The molecule has 0 amide bonds. The van der Waals surface area contributed by atoms with Gasteiger partial charge in [0, 0.05) is 38.6 Å². The maximum Gasteiger partial charge on any atom is 0.0635 e. The summed E-state index contributed by atoms with van der Waals surface area (Å²) in [6, 6.07) is 2.96. The molecule has 0 aliphatic heterocycles. The van der Waals surface area contributed by atoms with Crippen LogP contribution in [0.2, 0.25) is 0 Å². The molecule has 1 aliphatic carbocycles. The Morgan fingerprint density at radius 1 is 1.53 bits per heavy atom. The molecule has 0 bridgehead atoms. The monoisotopic (exact) mass is 235 g/mol. The van der Waals surface area contributed by atoms with Crippen LogP contribution in [-0.4, -0.2) is 37.1 Å². The SMILES string of the molecule is C=C(CNC1CC1)CN(CCC#N)CC(C)C. The molecule has 0 aromatic heterocycles. The van der Waals surface area contributed by atoms with Crippen molar-refractivity contribution in [2.24, 2.45) is 5.92 Å². The fourth-order valence-electron chi connectivity index (χ4n) is 1.91. The fourth-order valence-corrected chi connectivity index (χ4v) is 1.91. The summed E-state index contributed by atoms with van der Waals surface area (Å²) in [5.41, 5.74) is 1.23. The quantitative estimate of drug-likeness (QED) is 0.623. The molecule has 3 nitrogen and oxygen atoms in total. The highest BCUT2D eigenvalue weighted by atomic mass is 15.1. The van der Waals surface area contributed by atoms with Crippen molar-refractivity contribution in [3.8, 4) is 6.07 Å². The van der Waals surface area contributed by atoms with Crippen LogP contribution in [-0.2, 0) is 0 Å². The Labute approximate surface area is 105 Å². The van der Waals surface area contributed by atoms with Crippen molar-refractivity contribution < 1.29 is 0 Å². The van der Waals surface area contributed by atoms with Crippen LogP contribution in [0.4, 0.5) is 0 Å². The molecule has 17 heavy (non-hydrogen) atoms. The lowest BCUT2D eigenvalue weighted by Crippen LogP contribution is -2.33. The largest absolute Gasteiger partial charge is 0.310 e. The minimum Gasteiger partial charge on any atom is -0.310 e. The van der Waals surface area contributed by atoms with Gasteiger partial charge < -0.3 is 5.32 Å². The lowest BCUT2D eigenvalue weighted by Gasteiger charge is -2.24. The molecule has 0 radical (unpaired) electrons. The fraction of sp³-hybridized carbons (Fsp3) is 0.786. The van der Waals surface area contributed by atoms with Gasteiger partial charge in [-0.05, 0) is 24.3 Å². The molecule has 3 heteroatoms. The first-order valence-electron chi connectivity index (χ1n) is 6.61. The van der Waals surface area contributed by atoms with Gasteiger partial charge in [0.05, 0.1) is 6.07 Å². The molecule has 0 spiro atoms. The minimum atomic E-state index is 0.607. The summed E-state index contributed by atoms with van der Waals surface area (Å²) in [4.78, 5) is 2.34. The molecular weight excluding hydrogens is 210 g/mol. The van der Waals surface area contributed by atoms with E-state index in [2.05, 4.69) is 36.7 Å². The van der Waals surface area contributed by atoms with Gasteiger partial charge in [0.1, 0.15) is 0 Å². The van der Waals surface area contributed by atoms with Crippen LogP contribution in [0.15, 0.2) is 12.2 Å². The van der Waals surface area contributed by atoms with Gasteiger partial charge in [-0.1, -0.05) is 20.4 Å². The summed E-state index contributed by atoms with van der Waals surface area (Å²) in [5.74, 6) is 0.637. The highest BCUT2D eigenvalue weighted by Crippen LogP contribution is 2.18. The Balaban J connectivity index is 2.24. The summed E-state index contributed by atoms with van der Waals surface area (Å²) in [6.45, 7) is 12.3. The van der Waals surface area contributed by atoms with Crippen molar-refractivity contribution in [3.05, 3.63) is 12.2 Å².